The summed E-state index contributed by atoms with van der Waals surface area (Å²) in [5.74, 6) is 0. The van der Waals surface area contributed by atoms with Crippen LogP contribution in [0, 0.1) is 6.92 Å². The molecule has 118 valence electrons. The first-order valence-corrected chi connectivity index (χ1v) is 9.09. The molecular weight excluding hydrogens is 330 g/mol. The Morgan fingerprint density at radius 3 is 2.09 bits per heavy atom. The Morgan fingerprint density at radius 2 is 1.52 bits per heavy atom. The van der Waals surface area contributed by atoms with Crippen LogP contribution in [0.2, 0.25) is 5.02 Å². The molecule has 3 nitrogen and oxygen atoms in total. The van der Waals surface area contributed by atoms with Crippen LogP contribution >= 0.6 is 11.6 Å². The van der Waals surface area contributed by atoms with Crippen LogP contribution < -0.4 is 5.14 Å². The maximum absolute atomic E-state index is 11.4. The molecule has 0 amide bonds. The molecule has 0 atom stereocenters. The summed E-state index contributed by atoms with van der Waals surface area (Å²) in [6.45, 7) is 1.98. The zero-order valence-electron chi connectivity index (χ0n) is 12.6. The summed E-state index contributed by atoms with van der Waals surface area (Å²) < 4.78 is 22.7. The third kappa shape index (κ3) is 3.24. The van der Waals surface area contributed by atoms with Crippen LogP contribution in [0.3, 0.4) is 0 Å². The first-order valence-electron chi connectivity index (χ1n) is 7.17. The third-order valence-corrected chi connectivity index (χ3v) is 5.25. The van der Waals surface area contributed by atoms with Gasteiger partial charge in [0.15, 0.2) is 0 Å². The summed E-state index contributed by atoms with van der Waals surface area (Å²) in [4.78, 5) is 0.118. The smallest absolute Gasteiger partial charge is 0.225 e. The number of allylic oxidation sites excluding steroid dienone is 4. The number of rotatable bonds is 3. The van der Waals surface area contributed by atoms with E-state index < -0.39 is 10.0 Å². The number of nitrogens with two attached hydrogens (primary N) is 1. The maximum Gasteiger partial charge on any atom is 0.238 e. The molecule has 0 heterocycles. The molecule has 1 aliphatic carbocycles. The molecule has 0 saturated carbocycles. The van der Waals surface area contributed by atoms with E-state index in [4.69, 9.17) is 16.7 Å². The predicted octanol–water partition coefficient (Wildman–Crippen LogP) is 4.17. The van der Waals surface area contributed by atoms with Crippen LogP contribution in [-0.4, -0.2) is 8.42 Å². The lowest BCUT2D eigenvalue weighted by Gasteiger charge is -2.11. The molecule has 2 aromatic carbocycles. The van der Waals surface area contributed by atoms with Gasteiger partial charge >= 0.3 is 0 Å². The largest absolute Gasteiger partial charge is 0.238 e. The van der Waals surface area contributed by atoms with E-state index in [1.54, 1.807) is 12.1 Å². The Morgan fingerprint density at radius 1 is 0.957 bits per heavy atom. The zero-order valence-corrected chi connectivity index (χ0v) is 14.2. The van der Waals surface area contributed by atoms with Gasteiger partial charge in [-0.3, -0.25) is 0 Å². The van der Waals surface area contributed by atoms with Gasteiger partial charge in [0.05, 0.1) is 4.90 Å². The Kier molecular flexibility index (Phi) is 4.15. The fourth-order valence-electron chi connectivity index (χ4n) is 2.70. The molecule has 0 spiro atoms. The Hall–Kier alpha value is -1.88. The van der Waals surface area contributed by atoms with Crippen molar-refractivity contribution >= 4 is 32.8 Å². The average Bonchev–Trinajstić information content (AvgIpc) is 2.99. The molecular formula is C18H16ClNO2S. The highest BCUT2D eigenvalue weighted by molar-refractivity contribution is 7.89. The quantitative estimate of drug-likeness (QED) is 0.907. The number of halogens is 1. The maximum atomic E-state index is 11.4. The fourth-order valence-corrected chi connectivity index (χ4v) is 3.33. The lowest BCUT2D eigenvalue weighted by molar-refractivity contribution is 0.598. The van der Waals surface area contributed by atoms with Crippen LogP contribution in [0.25, 0.3) is 11.1 Å². The van der Waals surface area contributed by atoms with E-state index in [9.17, 15) is 8.42 Å². The van der Waals surface area contributed by atoms with Crippen molar-refractivity contribution in [2.45, 2.75) is 18.2 Å². The SMILES string of the molecule is Cc1cc(C2=CCC=C2c2ccc(S(N)(=O)=O)cc2)ccc1Cl. The van der Waals surface area contributed by atoms with E-state index in [0.29, 0.717) is 0 Å². The number of hydrogen-bond donors (Lipinski definition) is 1. The van der Waals surface area contributed by atoms with Gasteiger partial charge in [-0.05, 0) is 65.4 Å². The van der Waals surface area contributed by atoms with E-state index in [-0.39, 0.29) is 4.90 Å². The van der Waals surface area contributed by atoms with Crippen molar-refractivity contribution in [3.05, 3.63) is 76.3 Å². The molecule has 0 aromatic heterocycles. The van der Waals surface area contributed by atoms with Crippen LogP contribution in [0.5, 0.6) is 0 Å². The number of aryl methyl sites for hydroxylation is 1. The molecule has 0 unspecified atom stereocenters. The van der Waals surface area contributed by atoms with Gasteiger partial charge in [0.2, 0.25) is 10.0 Å². The summed E-state index contributed by atoms with van der Waals surface area (Å²) in [6.07, 6.45) is 5.14. The van der Waals surface area contributed by atoms with Crippen molar-refractivity contribution in [1.29, 1.82) is 0 Å². The van der Waals surface area contributed by atoms with Gasteiger partial charge < -0.3 is 0 Å². The van der Waals surface area contributed by atoms with Crippen LogP contribution in [0.4, 0.5) is 0 Å². The minimum Gasteiger partial charge on any atom is -0.225 e. The number of primary sulfonamides is 1. The van der Waals surface area contributed by atoms with Gasteiger partial charge in [-0.2, -0.15) is 0 Å². The monoisotopic (exact) mass is 345 g/mol. The van der Waals surface area contributed by atoms with Crippen molar-refractivity contribution < 1.29 is 8.42 Å². The summed E-state index contributed by atoms with van der Waals surface area (Å²) in [7, 11) is -3.67. The number of benzene rings is 2. The normalized spacial score (nSPS) is 14.6. The summed E-state index contributed by atoms with van der Waals surface area (Å²) in [6, 6.07) is 12.6. The molecule has 0 bridgehead atoms. The second-order valence-electron chi connectivity index (χ2n) is 5.50. The fraction of sp³-hybridized carbons (Fsp3) is 0.111. The highest BCUT2D eigenvalue weighted by Gasteiger charge is 2.16. The summed E-state index contributed by atoms with van der Waals surface area (Å²) in [5, 5.41) is 5.89. The molecule has 5 heteroatoms. The first-order chi connectivity index (χ1) is 10.9. The van der Waals surface area contributed by atoms with Crippen LogP contribution in [-0.2, 0) is 10.0 Å². The Labute approximate surface area is 141 Å². The minimum absolute atomic E-state index is 0.118. The number of hydrogen-bond acceptors (Lipinski definition) is 2. The molecule has 0 radical (unpaired) electrons. The highest BCUT2D eigenvalue weighted by atomic mass is 35.5. The van der Waals surface area contributed by atoms with E-state index in [1.165, 1.54) is 12.1 Å². The summed E-state index contributed by atoms with van der Waals surface area (Å²) >= 11 is 6.10. The van der Waals surface area contributed by atoms with Crippen LogP contribution in [0.15, 0.2) is 59.5 Å². The standard InChI is InChI=1S/C18H16ClNO2S/c1-12-11-14(7-10-18(12)19)17-4-2-3-16(17)13-5-8-15(9-6-13)23(20,21)22/h3-11H,2H2,1H3,(H2,20,21,22). The van der Waals surface area contributed by atoms with Crippen LogP contribution in [0.1, 0.15) is 23.1 Å². The summed E-state index contributed by atoms with van der Waals surface area (Å²) in [5.41, 5.74) is 5.32. The van der Waals surface area contributed by atoms with E-state index in [0.717, 1.165) is 39.3 Å². The van der Waals surface area contributed by atoms with E-state index >= 15 is 0 Å². The lowest BCUT2D eigenvalue weighted by atomic mass is 9.94. The Balaban J connectivity index is 1.97. The van der Waals surface area contributed by atoms with Crippen molar-refractivity contribution in [2.24, 2.45) is 5.14 Å². The van der Waals surface area contributed by atoms with E-state index in [1.807, 2.05) is 19.1 Å². The molecule has 1 aliphatic rings. The molecule has 3 rings (SSSR count). The predicted molar refractivity (Wildman–Crippen MR) is 94.6 cm³/mol. The average molecular weight is 346 g/mol. The molecule has 23 heavy (non-hydrogen) atoms. The molecule has 0 fully saturated rings. The topological polar surface area (TPSA) is 60.2 Å². The van der Waals surface area contributed by atoms with Crippen molar-refractivity contribution in [1.82, 2.24) is 0 Å². The van der Waals surface area contributed by atoms with Crippen molar-refractivity contribution in [3.63, 3.8) is 0 Å². The highest BCUT2D eigenvalue weighted by Crippen LogP contribution is 2.37. The van der Waals surface area contributed by atoms with Gasteiger partial charge in [0.25, 0.3) is 0 Å². The van der Waals surface area contributed by atoms with Gasteiger partial charge in [-0.1, -0.05) is 42.0 Å². The Bertz CT molecular complexity index is 926. The van der Waals surface area contributed by atoms with Gasteiger partial charge in [0.1, 0.15) is 0 Å². The molecule has 2 N–H and O–H groups in total. The minimum atomic E-state index is -3.67. The van der Waals surface area contributed by atoms with Gasteiger partial charge in [0, 0.05) is 5.02 Å². The third-order valence-electron chi connectivity index (χ3n) is 3.90. The first kappa shape index (κ1) is 16.0. The zero-order chi connectivity index (χ0) is 16.6. The van der Waals surface area contributed by atoms with E-state index in [2.05, 4.69) is 18.2 Å². The molecule has 2 aromatic rings. The van der Waals surface area contributed by atoms with Gasteiger partial charge in [-0.25, -0.2) is 13.6 Å². The van der Waals surface area contributed by atoms with Crippen molar-refractivity contribution in [3.8, 4) is 0 Å². The van der Waals surface area contributed by atoms with Crippen molar-refractivity contribution in [2.75, 3.05) is 0 Å². The second kappa shape index (κ2) is 5.96. The number of sulfonamides is 1. The molecule has 0 aliphatic heterocycles. The molecule has 0 saturated heterocycles. The lowest BCUT2D eigenvalue weighted by Crippen LogP contribution is -2.11. The second-order valence-corrected chi connectivity index (χ2v) is 7.47. The van der Waals surface area contributed by atoms with Gasteiger partial charge in [-0.15, -0.1) is 0 Å².